The standard InChI is InChI=1S/C21H19N5O2/c1-28-19-7-3-4-15(11-19)8-9-23-21-24-13-17(14-25-21)20(27)26-18-6-2-5-16(10-18)12-22/h2-7,10-11,13-14H,8-9H2,1H3,(H,26,27)(H,23,24,25). The maximum Gasteiger partial charge on any atom is 0.258 e. The number of carbonyl (C=O) groups excluding carboxylic acids is 1. The van der Waals surface area contributed by atoms with Crippen LogP contribution in [0.3, 0.4) is 0 Å². The first-order valence-corrected chi connectivity index (χ1v) is 8.68. The summed E-state index contributed by atoms with van der Waals surface area (Å²) in [5.74, 6) is 0.938. The number of nitrogens with one attached hydrogen (secondary N) is 2. The summed E-state index contributed by atoms with van der Waals surface area (Å²) in [5.41, 5.74) is 2.50. The molecule has 1 aromatic heterocycles. The third kappa shape index (κ3) is 5.05. The van der Waals surface area contributed by atoms with E-state index < -0.39 is 0 Å². The van der Waals surface area contributed by atoms with Crippen molar-refractivity contribution < 1.29 is 9.53 Å². The normalized spacial score (nSPS) is 10.0. The molecule has 2 N–H and O–H groups in total. The summed E-state index contributed by atoms with van der Waals surface area (Å²) in [6, 6.07) is 16.6. The molecule has 0 radical (unpaired) electrons. The lowest BCUT2D eigenvalue weighted by Crippen LogP contribution is -2.14. The SMILES string of the molecule is COc1cccc(CCNc2ncc(C(=O)Nc3cccc(C#N)c3)cn2)c1. The zero-order valence-corrected chi connectivity index (χ0v) is 15.3. The maximum absolute atomic E-state index is 12.3. The van der Waals surface area contributed by atoms with Crippen molar-refractivity contribution in [3.05, 3.63) is 77.6 Å². The van der Waals surface area contributed by atoms with Crippen molar-refractivity contribution in [1.29, 1.82) is 5.26 Å². The van der Waals surface area contributed by atoms with Gasteiger partial charge in [0.15, 0.2) is 0 Å². The van der Waals surface area contributed by atoms with Crippen LogP contribution in [0.2, 0.25) is 0 Å². The van der Waals surface area contributed by atoms with Gasteiger partial charge < -0.3 is 15.4 Å². The van der Waals surface area contributed by atoms with Crippen molar-refractivity contribution in [3.63, 3.8) is 0 Å². The topological polar surface area (TPSA) is 99.9 Å². The highest BCUT2D eigenvalue weighted by atomic mass is 16.5. The van der Waals surface area contributed by atoms with Crippen LogP contribution < -0.4 is 15.4 Å². The Morgan fingerprint density at radius 3 is 2.68 bits per heavy atom. The Hall–Kier alpha value is -3.92. The Bertz CT molecular complexity index is 996. The summed E-state index contributed by atoms with van der Waals surface area (Å²) >= 11 is 0. The monoisotopic (exact) mass is 373 g/mol. The lowest BCUT2D eigenvalue weighted by molar-refractivity contribution is 0.102. The lowest BCUT2D eigenvalue weighted by Gasteiger charge is -2.08. The fraction of sp³-hybridized carbons (Fsp3) is 0.143. The van der Waals surface area contributed by atoms with Gasteiger partial charge in [-0.1, -0.05) is 18.2 Å². The van der Waals surface area contributed by atoms with Crippen LogP contribution in [0.4, 0.5) is 11.6 Å². The van der Waals surface area contributed by atoms with Gasteiger partial charge >= 0.3 is 0 Å². The molecule has 1 heterocycles. The molecular formula is C21H19N5O2. The van der Waals surface area contributed by atoms with Crippen LogP contribution in [-0.2, 0) is 6.42 Å². The second-order valence-corrected chi connectivity index (χ2v) is 5.97. The fourth-order valence-corrected chi connectivity index (χ4v) is 2.55. The first-order valence-electron chi connectivity index (χ1n) is 8.68. The summed E-state index contributed by atoms with van der Waals surface area (Å²) in [4.78, 5) is 20.6. The molecule has 0 spiro atoms. The van der Waals surface area contributed by atoms with E-state index in [1.807, 2.05) is 30.3 Å². The smallest absolute Gasteiger partial charge is 0.258 e. The number of anilines is 2. The minimum absolute atomic E-state index is 0.334. The third-order valence-electron chi connectivity index (χ3n) is 3.99. The van der Waals surface area contributed by atoms with Crippen molar-refractivity contribution in [2.45, 2.75) is 6.42 Å². The number of ether oxygens (including phenoxy) is 1. The Labute approximate surface area is 163 Å². The van der Waals surface area contributed by atoms with Crippen LogP contribution in [0, 0.1) is 11.3 Å². The Morgan fingerprint density at radius 1 is 1.14 bits per heavy atom. The second-order valence-electron chi connectivity index (χ2n) is 5.97. The van der Waals surface area contributed by atoms with Gasteiger partial charge in [0.25, 0.3) is 5.91 Å². The van der Waals surface area contributed by atoms with Gasteiger partial charge in [0.1, 0.15) is 5.75 Å². The quantitative estimate of drug-likeness (QED) is 0.659. The molecule has 1 amide bonds. The Morgan fingerprint density at radius 2 is 1.93 bits per heavy atom. The molecule has 0 saturated carbocycles. The highest BCUT2D eigenvalue weighted by molar-refractivity contribution is 6.03. The number of methoxy groups -OCH3 is 1. The number of benzene rings is 2. The molecule has 0 unspecified atom stereocenters. The average Bonchev–Trinajstić information content (AvgIpc) is 2.74. The van der Waals surface area contributed by atoms with Crippen molar-refractivity contribution in [2.24, 2.45) is 0 Å². The van der Waals surface area contributed by atoms with Gasteiger partial charge in [0, 0.05) is 24.6 Å². The molecule has 0 aliphatic heterocycles. The molecule has 140 valence electrons. The fourth-order valence-electron chi connectivity index (χ4n) is 2.55. The van der Waals surface area contributed by atoms with Crippen molar-refractivity contribution in [1.82, 2.24) is 9.97 Å². The van der Waals surface area contributed by atoms with Crippen molar-refractivity contribution in [2.75, 3.05) is 24.3 Å². The molecular weight excluding hydrogens is 354 g/mol. The van der Waals surface area contributed by atoms with Crippen molar-refractivity contribution >= 4 is 17.5 Å². The summed E-state index contributed by atoms with van der Waals surface area (Å²) < 4.78 is 5.21. The molecule has 0 aliphatic carbocycles. The minimum atomic E-state index is -0.335. The minimum Gasteiger partial charge on any atom is -0.497 e. The van der Waals surface area contributed by atoms with Gasteiger partial charge in [0.2, 0.25) is 5.95 Å². The molecule has 0 fully saturated rings. The number of rotatable bonds is 7. The molecule has 7 nitrogen and oxygen atoms in total. The zero-order valence-electron chi connectivity index (χ0n) is 15.3. The van der Waals surface area contributed by atoms with E-state index in [0.29, 0.717) is 29.3 Å². The number of nitrogens with zero attached hydrogens (tertiary/aromatic N) is 3. The highest BCUT2D eigenvalue weighted by Gasteiger charge is 2.08. The van der Waals surface area contributed by atoms with Crippen molar-refractivity contribution in [3.8, 4) is 11.8 Å². The van der Waals surface area contributed by atoms with E-state index in [9.17, 15) is 4.79 Å². The number of amides is 1. The van der Waals surface area contributed by atoms with Gasteiger partial charge in [-0.2, -0.15) is 5.26 Å². The second kappa shape index (κ2) is 9.14. The first-order chi connectivity index (χ1) is 13.7. The Kier molecular flexibility index (Phi) is 6.16. The number of hydrogen-bond donors (Lipinski definition) is 2. The molecule has 3 rings (SSSR count). The first kappa shape index (κ1) is 18.9. The summed E-state index contributed by atoms with van der Waals surface area (Å²) in [6.07, 6.45) is 3.72. The van der Waals surface area contributed by atoms with E-state index >= 15 is 0 Å². The van der Waals surface area contributed by atoms with E-state index in [4.69, 9.17) is 10.00 Å². The molecule has 28 heavy (non-hydrogen) atoms. The molecule has 7 heteroatoms. The van der Waals surface area contributed by atoms with Crippen LogP contribution >= 0.6 is 0 Å². The summed E-state index contributed by atoms with van der Waals surface area (Å²) in [5, 5.41) is 14.8. The van der Waals surface area contributed by atoms with Gasteiger partial charge in [-0.05, 0) is 42.3 Å². The van der Waals surface area contributed by atoms with Crippen LogP contribution in [0.1, 0.15) is 21.5 Å². The largest absolute Gasteiger partial charge is 0.497 e. The predicted octanol–water partition coefficient (Wildman–Crippen LogP) is 3.26. The zero-order chi connectivity index (χ0) is 19.8. The van der Waals surface area contributed by atoms with Crippen LogP contribution in [-0.4, -0.2) is 29.5 Å². The summed E-state index contributed by atoms with van der Waals surface area (Å²) in [7, 11) is 1.64. The van der Waals surface area contributed by atoms with E-state index in [2.05, 4.69) is 20.6 Å². The van der Waals surface area contributed by atoms with Gasteiger partial charge in [0.05, 0.1) is 24.3 Å². The number of nitriles is 1. The third-order valence-corrected chi connectivity index (χ3v) is 3.99. The molecule has 0 atom stereocenters. The van der Waals surface area contributed by atoms with E-state index in [-0.39, 0.29) is 5.91 Å². The van der Waals surface area contributed by atoms with E-state index in [1.165, 1.54) is 12.4 Å². The maximum atomic E-state index is 12.3. The Balaban J connectivity index is 1.54. The predicted molar refractivity (Wildman–Crippen MR) is 106 cm³/mol. The highest BCUT2D eigenvalue weighted by Crippen LogP contribution is 2.14. The van der Waals surface area contributed by atoms with E-state index in [1.54, 1.807) is 31.4 Å². The summed E-state index contributed by atoms with van der Waals surface area (Å²) in [6.45, 7) is 0.652. The van der Waals surface area contributed by atoms with Crippen LogP contribution in [0.25, 0.3) is 0 Å². The molecule has 2 aromatic carbocycles. The molecule has 0 aliphatic rings. The number of carbonyl (C=O) groups is 1. The lowest BCUT2D eigenvalue weighted by atomic mass is 10.1. The molecule has 0 bridgehead atoms. The van der Waals surface area contributed by atoms with Gasteiger partial charge in [-0.25, -0.2) is 9.97 Å². The molecule has 0 saturated heterocycles. The average molecular weight is 373 g/mol. The van der Waals surface area contributed by atoms with E-state index in [0.717, 1.165) is 17.7 Å². The van der Waals surface area contributed by atoms with Gasteiger partial charge in [-0.15, -0.1) is 0 Å². The number of hydrogen-bond acceptors (Lipinski definition) is 6. The number of aromatic nitrogens is 2. The van der Waals surface area contributed by atoms with Crippen LogP contribution in [0.15, 0.2) is 60.9 Å². The van der Waals surface area contributed by atoms with Crippen LogP contribution in [0.5, 0.6) is 5.75 Å². The van der Waals surface area contributed by atoms with Gasteiger partial charge in [-0.3, -0.25) is 4.79 Å². The molecule has 3 aromatic rings.